The van der Waals surface area contributed by atoms with E-state index in [1.807, 2.05) is 32.1 Å². The summed E-state index contributed by atoms with van der Waals surface area (Å²) in [6, 6.07) is 0. The van der Waals surface area contributed by atoms with Crippen LogP contribution < -0.4 is 14.7 Å². The fraction of sp³-hybridized carbons (Fsp3) is 0.474. The SMILES string of the molecule is Cc1cnc(N2CCc3c(sc4c3C(=O)N(C)CC(=O)N4C)C2)nc1N(C)C. The van der Waals surface area contributed by atoms with Crippen LogP contribution >= 0.6 is 11.3 Å². The Morgan fingerprint density at radius 2 is 1.93 bits per heavy atom. The van der Waals surface area contributed by atoms with Gasteiger partial charge in [-0.05, 0) is 18.9 Å². The van der Waals surface area contributed by atoms with E-state index in [1.54, 1.807) is 19.0 Å². The van der Waals surface area contributed by atoms with Crippen molar-refractivity contribution in [2.75, 3.05) is 56.0 Å². The van der Waals surface area contributed by atoms with Gasteiger partial charge in [-0.3, -0.25) is 9.59 Å². The number of hydrogen-bond donors (Lipinski definition) is 0. The Balaban J connectivity index is 1.71. The predicted octanol–water partition coefficient (Wildman–Crippen LogP) is 1.52. The van der Waals surface area contributed by atoms with E-state index in [2.05, 4.69) is 9.88 Å². The fourth-order valence-corrected chi connectivity index (χ4v) is 5.06. The van der Waals surface area contributed by atoms with Crippen LogP contribution in [0.3, 0.4) is 0 Å². The number of rotatable bonds is 2. The van der Waals surface area contributed by atoms with Gasteiger partial charge in [-0.2, -0.15) is 4.98 Å². The molecule has 0 aliphatic carbocycles. The second kappa shape index (κ2) is 6.73. The van der Waals surface area contributed by atoms with Gasteiger partial charge in [-0.25, -0.2) is 4.98 Å². The van der Waals surface area contributed by atoms with Gasteiger partial charge in [0.05, 0.1) is 12.1 Å². The van der Waals surface area contributed by atoms with Crippen molar-refractivity contribution in [2.45, 2.75) is 19.9 Å². The maximum atomic E-state index is 12.9. The smallest absolute Gasteiger partial charge is 0.257 e. The van der Waals surface area contributed by atoms with Crippen LogP contribution in [-0.2, 0) is 17.8 Å². The van der Waals surface area contributed by atoms with Gasteiger partial charge in [0.15, 0.2) is 0 Å². The lowest BCUT2D eigenvalue weighted by atomic mass is 10.0. The highest BCUT2D eigenvalue weighted by molar-refractivity contribution is 7.17. The van der Waals surface area contributed by atoms with E-state index >= 15 is 0 Å². The highest BCUT2D eigenvalue weighted by atomic mass is 32.1. The summed E-state index contributed by atoms with van der Waals surface area (Å²) in [4.78, 5) is 42.9. The minimum absolute atomic E-state index is 0.0671. The third-order valence-electron chi connectivity index (χ3n) is 5.29. The van der Waals surface area contributed by atoms with Crippen LogP contribution in [0.1, 0.15) is 26.4 Å². The number of anilines is 3. The van der Waals surface area contributed by atoms with E-state index in [-0.39, 0.29) is 18.4 Å². The van der Waals surface area contributed by atoms with Crippen LogP contribution in [0.5, 0.6) is 0 Å². The molecule has 0 atom stereocenters. The number of thiophene rings is 1. The maximum absolute atomic E-state index is 12.9. The molecular formula is C19H24N6O2S. The standard InChI is InChI=1S/C19H24N6O2S/c1-11-8-20-19(21-16(11)22(2)3)25-7-6-12-13(9-25)28-18-15(12)17(27)23(4)10-14(26)24(18)5/h8H,6-7,9-10H2,1-5H3. The van der Waals surface area contributed by atoms with Gasteiger partial charge >= 0.3 is 0 Å². The van der Waals surface area contributed by atoms with Crippen molar-refractivity contribution < 1.29 is 9.59 Å². The zero-order valence-electron chi connectivity index (χ0n) is 16.8. The van der Waals surface area contributed by atoms with Crippen molar-refractivity contribution in [3.63, 3.8) is 0 Å². The Kier molecular flexibility index (Phi) is 4.49. The van der Waals surface area contributed by atoms with Crippen LogP contribution in [0.25, 0.3) is 0 Å². The molecule has 2 aliphatic heterocycles. The van der Waals surface area contributed by atoms with Gasteiger partial charge in [0.1, 0.15) is 17.4 Å². The molecule has 9 heteroatoms. The van der Waals surface area contributed by atoms with Crippen LogP contribution in [0.4, 0.5) is 16.8 Å². The molecule has 0 radical (unpaired) electrons. The molecular weight excluding hydrogens is 376 g/mol. The van der Waals surface area contributed by atoms with Crippen molar-refractivity contribution in [2.24, 2.45) is 0 Å². The minimum atomic E-state index is -0.0693. The molecule has 4 rings (SSSR count). The first kappa shape index (κ1) is 18.7. The number of likely N-dealkylation sites (N-methyl/N-ethyl adjacent to an activating group) is 2. The average molecular weight is 401 g/mol. The van der Waals surface area contributed by atoms with Gasteiger partial charge < -0.3 is 19.6 Å². The molecule has 2 amide bonds. The van der Waals surface area contributed by atoms with Crippen molar-refractivity contribution in [3.8, 4) is 0 Å². The van der Waals surface area contributed by atoms with Crippen molar-refractivity contribution in [1.82, 2.24) is 14.9 Å². The second-order valence-corrected chi connectivity index (χ2v) is 8.62. The molecule has 0 saturated heterocycles. The highest BCUT2D eigenvalue weighted by Gasteiger charge is 2.35. The molecule has 8 nitrogen and oxygen atoms in total. The number of fused-ring (bicyclic) bond motifs is 3. The van der Waals surface area contributed by atoms with E-state index in [0.29, 0.717) is 18.1 Å². The first-order valence-electron chi connectivity index (χ1n) is 9.20. The highest BCUT2D eigenvalue weighted by Crippen LogP contribution is 2.41. The molecule has 28 heavy (non-hydrogen) atoms. The molecule has 0 fully saturated rings. The number of aryl methyl sites for hydroxylation is 1. The maximum Gasteiger partial charge on any atom is 0.257 e. The van der Waals surface area contributed by atoms with Crippen molar-refractivity contribution in [1.29, 1.82) is 0 Å². The number of nitrogens with zero attached hydrogens (tertiary/aromatic N) is 6. The summed E-state index contributed by atoms with van der Waals surface area (Å²) in [6.07, 6.45) is 2.58. The number of carbonyl (C=O) groups excluding carboxylic acids is 2. The molecule has 4 heterocycles. The summed E-state index contributed by atoms with van der Waals surface area (Å²) < 4.78 is 0. The number of carbonyl (C=O) groups is 2. The van der Waals surface area contributed by atoms with E-state index in [1.165, 1.54) is 16.2 Å². The Morgan fingerprint density at radius 1 is 1.18 bits per heavy atom. The summed E-state index contributed by atoms with van der Waals surface area (Å²) >= 11 is 1.53. The lowest BCUT2D eigenvalue weighted by molar-refractivity contribution is -0.118. The lowest BCUT2D eigenvalue weighted by Crippen LogP contribution is -2.36. The minimum Gasteiger partial charge on any atom is -0.362 e. The average Bonchev–Trinajstić information content (AvgIpc) is 3.01. The topological polar surface area (TPSA) is 72.9 Å². The molecule has 2 aliphatic rings. The molecule has 0 spiro atoms. The summed E-state index contributed by atoms with van der Waals surface area (Å²) in [5.41, 5.74) is 2.78. The molecule has 0 N–H and O–H groups in total. The fourth-order valence-electron chi connectivity index (χ4n) is 3.73. The van der Waals surface area contributed by atoms with Crippen LogP contribution in [0.2, 0.25) is 0 Å². The number of hydrogen-bond acceptors (Lipinski definition) is 7. The van der Waals surface area contributed by atoms with Gasteiger partial charge in [0.25, 0.3) is 5.91 Å². The first-order valence-corrected chi connectivity index (χ1v) is 10.0. The molecule has 0 saturated carbocycles. The Bertz CT molecular complexity index is 970. The normalized spacial score (nSPS) is 16.8. The lowest BCUT2D eigenvalue weighted by Gasteiger charge is -2.28. The van der Waals surface area contributed by atoms with E-state index < -0.39 is 0 Å². The largest absolute Gasteiger partial charge is 0.362 e. The third kappa shape index (κ3) is 2.90. The second-order valence-electron chi connectivity index (χ2n) is 7.54. The van der Waals surface area contributed by atoms with Gasteiger partial charge in [-0.1, -0.05) is 0 Å². The first-order chi connectivity index (χ1) is 13.3. The molecule has 0 bridgehead atoms. The monoisotopic (exact) mass is 400 g/mol. The summed E-state index contributed by atoms with van der Waals surface area (Å²) in [6.45, 7) is 3.49. The molecule has 2 aromatic heterocycles. The van der Waals surface area contributed by atoms with Gasteiger partial charge in [-0.15, -0.1) is 11.3 Å². The van der Waals surface area contributed by atoms with Gasteiger partial charge in [0, 0.05) is 51.4 Å². The summed E-state index contributed by atoms with van der Waals surface area (Å²) in [5.74, 6) is 1.46. The summed E-state index contributed by atoms with van der Waals surface area (Å²) in [5, 5.41) is 0.755. The Hall–Kier alpha value is -2.68. The van der Waals surface area contributed by atoms with Crippen LogP contribution in [0.15, 0.2) is 6.20 Å². The van der Waals surface area contributed by atoms with Gasteiger partial charge in [0.2, 0.25) is 11.9 Å². The molecule has 0 unspecified atom stereocenters. The zero-order valence-corrected chi connectivity index (χ0v) is 17.6. The van der Waals surface area contributed by atoms with Crippen molar-refractivity contribution in [3.05, 3.63) is 27.8 Å². The Morgan fingerprint density at radius 3 is 2.64 bits per heavy atom. The number of aromatic nitrogens is 2. The van der Waals surface area contributed by atoms with Crippen LogP contribution in [-0.4, -0.2) is 68.0 Å². The van der Waals surface area contributed by atoms with Crippen molar-refractivity contribution >= 4 is 39.9 Å². The van der Waals surface area contributed by atoms with E-state index in [0.717, 1.165) is 39.8 Å². The third-order valence-corrected chi connectivity index (χ3v) is 6.58. The molecule has 2 aromatic rings. The summed E-state index contributed by atoms with van der Waals surface area (Å²) in [7, 11) is 7.38. The molecule has 148 valence electrons. The molecule has 0 aromatic carbocycles. The number of amides is 2. The van der Waals surface area contributed by atoms with E-state index in [9.17, 15) is 9.59 Å². The van der Waals surface area contributed by atoms with Crippen LogP contribution in [0, 0.1) is 6.92 Å². The quantitative estimate of drug-likeness (QED) is 0.761. The predicted molar refractivity (Wildman–Crippen MR) is 111 cm³/mol. The zero-order chi connectivity index (χ0) is 20.2. The van der Waals surface area contributed by atoms with E-state index in [4.69, 9.17) is 4.98 Å². The Labute approximate surface area is 168 Å².